The Kier molecular flexibility index (Phi) is 9.26. The minimum atomic E-state index is 0.397. The van der Waals surface area contributed by atoms with E-state index in [1.165, 1.54) is 31.6 Å². The molecule has 0 saturated carbocycles. The Morgan fingerprint density at radius 3 is 2.48 bits per heavy atom. The Balaban J connectivity index is 2.59. The van der Waals surface area contributed by atoms with Crippen molar-refractivity contribution in [1.82, 2.24) is 10.2 Å². The molecule has 1 unspecified atom stereocenters. The molecule has 0 aliphatic carbocycles. The summed E-state index contributed by atoms with van der Waals surface area (Å²) in [6.45, 7) is 12.2. The highest BCUT2D eigenvalue weighted by molar-refractivity contribution is 7.98. The van der Waals surface area contributed by atoms with Gasteiger partial charge in [0, 0.05) is 38.1 Å². The summed E-state index contributed by atoms with van der Waals surface area (Å²) in [4.78, 5) is 2.60. The highest BCUT2D eigenvalue weighted by Crippen LogP contribution is 2.31. The Bertz CT molecular complexity index is 268. The quantitative estimate of drug-likeness (QED) is 0.669. The monoisotopic (exact) mass is 316 g/mol. The molecule has 1 fully saturated rings. The molecule has 1 rings (SSSR count). The maximum Gasteiger partial charge on any atom is 0.0472 e. The van der Waals surface area contributed by atoms with Crippen LogP contribution in [0.2, 0.25) is 0 Å². The first-order valence-electron chi connectivity index (χ1n) is 8.50. The molecule has 0 aromatic rings. The van der Waals surface area contributed by atoms with E-state index in [2.05, 4.69) is 44.3 Å². The van der Waals surface area contributed by atoms with Gasteiger partial charge in [0.15, 0.2) is 0 Å². The van der Waals surface area contributed by atoms with Crippen LogP contribution in [0.1, 0.15) is 40.0 Å². The van der Waals surface area contributed by atoms with Gasteiger partial charge in [0.2, 0.25) is 0 Å². The van der Waals surface area contributed by atoms with Gasteiger partial charge in [-0.1, -0.05) is 20.8 Å². The van der Waals surface area contributed by atoms with Gasteiger partial charge in [-0.15, -0.1) is 0 Å². The molecule has 21 heavy (non-hydrogen) atoms. The molecule has 0 aromatic heterocycles. The largest absolute Gasteiger partial charge is 0.381 e. The summed E-state index contributed by atoms with van der Waals surface area (Å²) < 4.78 is 5.62. The lowest BCUT2D eigenvalue weighted by molar-refractivity contribution is -0.00574. The zero-order valence-electron chi connectivity index (χ0n) is 14.8. The Morgan fingerprint density at radius 1 is 1.29 bits per heavy atom. The zero-order valence-corrected chi connectivity index (χ0v) is 15.6. The van der Waals surface area contributed by atoms with E-state index in [1.54, 1.807) is 0 Å². The predicted molar refractivity (Wildman–Crippen MR) is 95.3 cm³/mol. The van der Waals surface area contributed by atoms with Crippen LogP contribution in [0.3, 0.4) is 0 Å². The van der Waals surface area contributed by atoms with Crippen molar-refractivity contribution in [1.29, 1.82) is 0 Å². The van der Waals surface area contributed by atoms with Crippen molar-refractivity contribution < 1.29 is 4.74 Å². The van der Waals surface area contributed by atoms with Crippen LogP contribution in [0.25, 0.3) is 0 Å². The van der Waals surface area contributed by atoms with Crippen molar-refractivity contribution in [3.05, 3.63) is 0 Å². The minimum absolute atomic E-state index is 0.397. The van der Waals surface area contributed by atoms with Crippen molar-refractivity contribution >= 4 is 11.8 Å². The Morgan fingerprint density at radius 2 is 1.95 bits per heavy atom. The molecule has 0 spiro atoms. The first-order valence-corrected chi connectivity index (χ1v) is 9.90. The maximum absolute atomic E-state index is 5.62. The van der Waals surface area contributed by atoms with Crippen LogP contribution in [0.4, 0.5) is 0 Å². The van der Waals surface area contributed by atoms with Gasteiger partial charge in [-0.25, -0.2) is 0 Å². The first-order chi connectivity index (χ1) is 10.0. The summed E-state index contributed by atoms with van der Waals surface area (Å²) in [5.41, 5.74) is 0.397. The summed E-state index contributed by atoms with van der Waals surface area (Å²) in [5, 5.41) is 3.70. The molecule has 0 aromatic carbocycles. The second kappa shape index (κ2) is 10.1. The van der Waals surface area contributed by atoms with Crippen LogP contribution < -0.4 is 5.32 Å². The number of hydrogen-bond acceptors (Lipinski definition) is 4. The Labute approximate surface area is 136 Å². The molecule has 1 atom stereocenters. The van der Waals surface area contributed by atoms with Gasteiger partial charge in [-0.2, -0.15) is 11.8 Å². The zero-order chi connectivity index (χ0) is 15.7. The number of nitrogens with one attached hydrogen (secondary N) is 1. The number of thioether (sulfide) groups is 1. The van der Waals surface area contributed by atoms with Crippen molar-refractivity contribution in [3.8, 4) is 0 Å². The summed E-state index contributed by atoms with van der Waals surface area (Å²) >= 11 is 1.96. The number of ether oxygens (including phenoxy) is 1. The average Bonchev–Trinajstić information content (AvgIpc) is 2.45. The highest BCUT2D eigenvalue weighted by Gasteiger charge is 2.34. The molecule has 0 amide bonds. The molecule has 1 saturated heterocycles. The van der Waals surface area contributed by atoms with Crippen molar-refractivity contribution in [2.75, 3.05) is 51.9 Å². The lowest BCUT2D eigenvalue weighted by atomic mass is 9.79. The predicted octanol–water partition coefficient (Wildman–Crippen LogP) is 3.10. The third kappa shape index (κ3) is 6.89. The van der Waals surface area contributed by atoms with Gasteiger partial charge in [0.25, 0.3) is 0 Å². The number of rotatable bonds is 10. The normalized spacial score (nSPS) is 20.1. The van der Waals surface area contributed by atoms with E-state index in [1.807, 2.05) is 11.8 Å². The molecule has 1 aliphatic heterocycles. The maximum atomic E-state index is 5.62. The second-order valence-electron chi connectivity index (χ2n) is 7.07. The number of hydrogen-bond donors (Lipinski definition) is 1. The van der Waals surface area contributed by atoms with Crippen LogP contribution in [0.15, 0.2) is 0 Å². The lowest BCUT2D eigenvalue weighted by Crippen LogP contribution is -2.49. The topological polar surface area (TPSA) is 24.5 Å². The van der Waals surface area contributed by atoms with Crippen LogP contribution in [-0.4, -0.2) is 62.8 Å². The molecular weight excluding hydrogens is 280 g/mol. The van der Waals surface area contributed by atoms with Gasteiger partial charge in [-0.3, -0.25) is 0 Å². The lowest BCUT2D eigenvalue weighted by Gasteiger charge is -2.42. The van der Waals surface area contributed by atoms with Crippen LogP contribution in [-0.2, 0) is 4.74 Å². The van der Waals surface area contributed by atoms with E-state index in [9.17, 15) is 0 Å². The van der Waals surface area contributed by atoms with Gasteiger partial charge in [-0.05, 0) is 50.4 Å². The highest BCUT2D eigenvalue weighted by atomic mass is 32.2. The van der Waals surface area contributed by atoms with E-state index in [0.717, 1.165) is 32.2 Å². The molecule has 0 radical (unpaired) electrons. The summed E-state index contributed by atoms with van der Waals surface area (Å²) in [7, 11) is 2.31. The fourth-order valence-electron chi connectivity index (χ4n) is 3.23. The SMILES string of the molecule is CCC(CSC)N(C)CC1(CNCC(C)C)CCOCC1. The molecule has 4 heteroatoms. The van der Waals surface area contributed by atoms with Crippen molar-refractivity contribution in [2.24, 2.45) is 11.3 Å². The first kappa shape index (κ1) is 19.3. The smallest absolute Gasteiger partial charge is 0.0472 e. The second-order valence-corrected chi connectivity index (χ2v) is 7.98. The third-order valence-corrected chi connectivity index (χ3v) is 5.36. The summed E-state index contributed by atoms with van der Waals surface area (Å²) in [6, 6.07) is 0.699. The van der Waals surface area contributed by atoms with Gasteiger partial charge >= 0.3 is 0 Å². The molecular formula is C17H36N2OS. The van der Waals surface area contributed by atoms with Crippen molar-refractivity contribution in [3.63, 3.8) is 0 Å². The standard InChI is InChI=1S/C17H36N2OS/c1-6-16(12-21-5)19(4)14-17(7-9-20-10-8-17)13-18-11-15(2)3/h15-16,18H,6-14H2,1-5H3. The van der Waals surface area contributed by atoms with E-state index in [0.29, 0.717) is 11.5 Å². The molecule has 126 valence electrons. The van der Waals surface area contributed by atoms with Crippen LogP contribution in [0.5, 0.6) is 0 Å². The number of nitrogens with zero attached hydrogens (tertiary/aromatic N) is 1. The van der Waals surface area contributed by atoms with Gasteiger partial charge in [0.05, 0.1) is 0 Å². The van der Waals surface area contributed by atoms with Crippen LogP contribution in [0, 0.1) is 11.3 Å². The average molecular weight is 317 g/mol. The van der Waals surface area contributed by atoms with E-state index in [4.69, 9.17) is 4.74 Å². The molecule has 1 aliphatic rings. The minimum Gasteiger partial charge on any atom is -0.381 e. The Hall–Kier alpha value is 0.230. The van der Waals surface area contributed by atoms with E-state index < -0.39 is 0 Å². The van der Waals surface area contributed by atoms with E-state index >= 15 is 0 Å². The molecule has 3 nitrogen and oxygen atoms in total. The molecule has 0 bridgehead atoms. The summed E-state index contributed by atoms with van der Waals surface area (Å²) in [6.07, 6.45) is 5.84. The van der Waals surface area contributed by atoms with Crippen LogP contribution >= 0.6 is 11.8 Å². The molecule has 1 heterocycles. The van der Waals surface area contributed by atoms with Gasteiger partial charge in [0.1, 0.15) is 0 Å². The third-order valence-electron chi connectivity index (χ3n) is 4.64. The fraction of sp³-hybridized carbons (Fsp3) is 1.00. The van der Waals surface area contributed by atoms with Crippen molar-refractivity contribution in [2.45, 2.75) is 46.1 Å². The van der Waals surface area contributed by atoms with Gasteiger partial charge < -0.3 is 15.0 Å². The summed E-state index contributed by atoms with van der Waals surface area (Å²) in [5.74, 6) is 1.96. The fourth-order valence-corrected chi connectivity index (χ4v) is 4.10. The molecule has 1 N–H and O–H groups in total. The van der Waals surface area contributed by atoms with E-state index in [-0.39, 0.29) is 0 Å².